The number of aromatic hydroxyl groups is 1. The lowest BCUT2D eigenvalue weighted by Gasteiger charge is -2.38. The van der Waals surface area contributed by atoms with Gasteiger partial charge in [-0.25, -0.2) is 0 Å². The van der Waals surface area contributed by atoms with Crippen LogP contribution in [0.5, 0.6) is 5.75 Å². The van der Waals surface area contributed by atoms with E-state index in [2.05, 4.69) is 37.4 Å². The number of benzene rings is 2. The van der Waals surface area contributed by atoms with Crippen molar-refractivity contribution >= 4 is 5.97 Å². The van der Waals surface area contributed by atoms with Gasteiger partial charge in [-0.1, -0.05) is 43.7 Å². The summed E-state index contributed by atoms with van der Waals surface area (Å²) in [4.78, 5) is 9.00. The predicted molar refractivity (Wildman–Crippen MR) is 104 cm³/mol. The summed E-state index contributed by atoms with van der Waals surface area (Å²) in [6, 6.07) is 15.3. The van der Waals surface area contributed by atoms with Crippen LogP contribution in [-0.4, -0.2) is 16.2 Å². The fourth-order valence-electron chi connectivity index (χ4n) is 3.21. The molecule has 2 atom stereocenters. The number of aliphatic carboxylic acids is 1. The van der Waals surface area contributed by atoms with Crippen LogP contribution in [0.4, 0.5) is 0 Å². The van der Waals surface area contributed by atoms with E-state index in [9.17, 15) is 5.11 Å². The molecule has 140 valence electrons. The molecule has 0 aromatic heterocycles. The number of rotatable bonds is 5. The quantitative estimate of drug-likeness (QED) is 0.713. The Morgan fingerprint density at radius 1 is 1.12 bits per heavy atom. The minimum Gasteiger partial charge on any atom is -0.508 e. The molecule has 0 amide bonds. The molecular weight excluding hydrogens is 326 g/mol. The molecule has 2 unspecified atom stereocenters. The zero-order valence-electron chi connectivity index (χ0n) is 15.8. The third kappa shape index (κ3) is 5.60. The summed E-state index contributed by atoms with van der Waals surface area (Å²) in [5.41, 5.74) is 5.55. The zero-order valence-corrected chi connectivity index (χ0v) is 15.8. The van der Waals surface area contributed by atoms with Crippen molar-refractivity contribution in [2.24, 2.45) is 0 Å². The molecule has 1 aliphatic rings. The van der Waals surface area contributed by atoms with Crippen LogP contribution in [0, 0.1) is 6.92 Å². The maximum Gasteiger partial charge on any atom is 0.300 e. The van der Waals surface area contributed by atoms with E-state index < -0.39 is 5.97 Å². The molecule has 3 rings (SSSR count). The summed E-state index contributed by atoms with van der Waals surface area (Å²) < 4.78 is 0. The van der Waals surface area contributed by atoms with Gasteiger partial charge in [0.2, 0.25) is 0 Å². The van der Waals surface area contributed by atoms with Crippen molar-refractivity contribution in [3.05, 3.63) is 64.7 Å². The van der Waals surface area contributed by atoms with Crippen molar-refractivity contribution in [3.8, 4) is 5.75 Å². The second-order valence-corrected chi connectivity index (χ2v) is 6.91. The fourth-order valence-corrected chi connectivity index (χ4v) is 3.21. The van der Waals surface area contributed by atoms with E-state index in [1.165, 1.54) is 41.5 Å². The van der Waals surface area contributed by atoms with Gasteiger partial charge in [0.15, 0.2) is 0 Å². The van der Waals surface area contributed by atoms with Gasteiger partial charge in [-0.3, -0.25) is 4.79 Å². The molecule has 1 fully saturated rings. The van der Waals surface area contributed by atoms with Crippen molar-refractivity contribution in [1.82, 2.24) is 5.32 Å². The van der Waals surface area contributed by atoms with Crippen LogP contribution in [0.15, 0.2) is 42.5 Å². The summed E-state index contributed by atoms with van der Waals surface area (Å²) in [7, 11) is 0. The highest BCUT2D eigenvalue weighted by Gasteiger charge is 2.30. The first-order chi connectivity index (χ1) is 12.4. The van der Waals surface area contributed by atoms with Gasteiger partial charge >= 0.3 is 0 Å². The van der Waals surface area contributed by atoms with Crippen molar-refractivity contribution < 1.29 is 15.0 Å². The highest BCUT2D eigenvalue weighted by atomic mass is 16.4. The summed E-state index contributed by atoms with van der Waals surface area (Å²) in [5.74, 6) is -0.502. The minimum absolute atomic E-state index is 0.331. The highest BCUT2D eigenvalue weighted by molar-refractivity contribution is 5.62. The second kappa shape index (κ2) is 9.39. The number of nitrogens with one attached hydrogen (secondary N) is 1. The molecule has 0 spiro atoms. The lowest BCUT2D eigenvalue weighted by atomic mass is 9.85. The third-order valence-corrected chi connectivity index (χ3v) is 4.74. The van der Waals surface area contributed by atoms with Gasteiger partial charge in [0.1, 0.15) is 5.75 Å². The van der Waals surface area contributed by atoms with Crippen LogP contribution in [-0.2, 0) is 11.2 Å². The molecule has 26 heavy (non-hydrogen) atoms. The van der Waals surface area contributed by atoms with Crippen LogP contribution in [0.1, 0.15) is 67.4 Å². The molecule has 0 radical (unpaired) electrons. The Labute approximate surface area is 155 Å². The SMILES string of the molecule is CC(=O)O.CCCCc1ccc(C2CC(c3ccc(O)cc3)N2)cc1C. The number of phenolic OH excluding ortho intramolecular Hbond substituents is 1. The maximum absolute atomic E-state index is 9.36. The number of carboxylic acid groups (broad SMARTS) is 1. The van der Waals surface area contributed by atoms with Gasteiger partial charge in [0.25, 0.3) is 5.97 Å². The average molecular weight is 355 g/mol. The van der Waals surface area contributed by atoms with E-state index in [4.69, 9.17) is 9.90 Å². The molecule has 2 aromatic carbocycles. The van der Waals surface area contributed by atoms with Crippen molar-refractivity contribution in [2.45, 2.75) is 58.5 Å². The topological polar surface area (TPSA) is 69.6 Å². The first-order valence-electron chi connectivity index (χ1n) is 9.24. The molecule has 1 heterocycles. The fraction of sp³-hybridized carbons (Fsp3) is 0.409. The Hall–Kier alpha value is -2.33. The number of unbranched alkanes of at least 4 members (excludes halogenated alkanes) is 1. The van der Waals surface area contributed by atoms with E-state index in [-0.39, 0.29) is 0 Å². The number of hydrogen-bond acceptors (Lipinski definition) is 3. The Bertz CT molecular complexity index is 715. The molecule has 0 bridgehead atoms. The molecule has 4 heteroatoms. The lowest BCUT2D eigenvalue weighted by molar-refractivity contribution is -0.134. The molecule has 0 saturated carbocycles. The van der Waals surface area contributed by atoms with E-state index in [0.717, 1.165) is 13.3 Å². The first kappa shape index (κ1) is 20.0. The Morgan fingerprint density at radius 3 is 2.19 bits per heavy atom. The average Bonchev–Trinajstić information content (AvgIpc) is 2.54. The molecule has 1 saturated heterocycles. The summed E-state index contributed by atoms with van der Waals surface area (Å²) >= 11 is 0. The summed E-state index contributed by atoms with van der Waals surface area (Å²) in [5, 5.41) is 20.4. The van der Waals surface area contributed by atoms with E-state index in [0.29, 0.717) is 17.8 Å². The molecule has 3 N–H and O–H groups in total. The Balaban J connectivity index is 0.000000552. The van der Waals surface area contributed by atoms with Crippen molar-refractivity contribution in [3.63, 3.8) is 0 Å². The maximum atomic E-state index is 9.36. The van der Waals surface area contributed by atoms with Gasteiger partial charge in [-0.2, -0.15) is 0 Å². The van der Waals surface area contributed by atoms with Crippen LogP contribution in [0.3, 0.4) is 0 Å². The minimum atomic E-state index is -0.833. The molecule has 0 aliphatic carbocycles. The zero-order chi connectivity index (χ0) is 19.1. The number of carboxylic acids is 1. The normalized spacial score (nSPS) is 18.4. The van der Waals surface area contributed by atoms with E-state index in [1.807, 2.05) is 12.1 Å². The van der Waals surface area contributed by atoms with Gasteiger partial charge in [0.05, 0.1) is 0 Å². The van der Waals surface area contributed by atoms with Crippen LogP contribution in [0.2, 0.25) is 0 Å². The van der Waals surface area contributed by atoms with Gasteiger partial charge < -0.3 is 15.5 Å². The van der Waals surface area contributed by atoms with Gasteiger partial charge in [0, 0.05) is 19.0 Å². The smallest absolute Gasteiger partial charge is 0.300 e. The van der Waals surface area contributed by atoms with Crippen LogP contribution >= 0.6 is 0 Å². The summed E-state index contributed by atoms with van der Waals surface area (Å²) in [6.07, 6.45) is 4.83. The summed E-state index contributed by atoms with van der Waals surface area (Å²) in [6.45, 7) is 5.55. The van der Waals surface area contributed by atoms with Crippen molar-refractivity contribution in [1.29, 1.82) is 0 Å². The van der Waals surface area contributed by atoms with Crippen LogP contribution < -0.4 is 5.32 Å². The lowest BCUT2D eigenvalue weighted by Crippen LogP contribution is -2.39. The highest BCUT2D eigenvalue weighted by Crippen LogP contribution is 2.38. The van der Waals surface area contributed by atoms with Gasteiger partial charge in [-0.15, -0.1) is 0 Å². The Morgan fingerprint density at radius 2 is 1.65 bits per heavy atom. The number of hydrogen-bond donors (Lipinski definition) is 3. The van der Waals surface area contributed by atoms with E-state index in [1.54, 1.807) is 12.1 Å². The third-order valence-electron chi connectivity index (χ3n) is 4.74. The molecular formula is C22H29NO3. The Kier molecular flexibility index (Phi) is 7.22. The van der Waals surface area contributed by atoms with Crippen LogP contribution in [0.25, 0.3) is 0 Å². The predicted octanol–water partition coefficient (Wildman–Crippen LogP) is 4.91. The number of phenols is 1. The standard InChI is InChI=1S/C20H25NO.C2H4O2/c1-3-4-5-15-6-7-17(12-14(15)2)20-13-19(21-20)16-8-10-18(22)11-9-16;1-2(3)4/h6-12,19-22H,3-5,13H2,1-2H3;1H3,(H,3,4). The monoisotopic (exact) mass is 355 g/mol. The molecule has 4 nitrogen and oxygen atoms in total. The molecule has 1 aliphatic heterocycles. The van der Waals surface area contributed by atoms with Crippen molar-refractivity contribution in [2.75, 3.05) is 0 Å². The van der Waals surface area contributed by atoms with Gasteiger partial charge in [-0.05, 0) is 60.6 Å². The molecule has 2 aromatic rings. The first-order valence-corrected chi connectivity index (χ1v) is 9.24. The van der Waals surface area contributed by atoms with E-state index >= 15 is 0 Å². The number of aryl methyl sites for hydroxylation is 2. The largest absolute Gasteiger partial charge is 0.508 e. The number of carbonyl (C=O) groups is 1. The second-order valence-electron chi connectivity index (χ2n) is 6.91.